The fraction of sp³-hybridized carbons (Fsp3) is 0.419. The van der Waals surface area contributed by atoms with E-state index >= 15 is 0 Å². The molecule has 1 aliphatic rings. The van der Waals surface area contributed by atoms with Crippen molar-refractivity contribution in [2.75, 3.05) is 26.7 Å². The Hall–Kier alpha value is -3.39. The number of ether oxygens (including phenoxy) is 1. The average molecular weight is 541 g/mol. The maximum Gasteiger partial charge on any atom is 0.416 e. The highest BCUT2D eigenvalue weighted by Crippen LogP contribution is 2.40. The van der Waals surface area contributed by atoms with E-state index in [-0.39, 0.29) is 24.1 Å². The molecule has 1 fully saturated rings. The number of aromatic nitrogens is 1. The van der Waals surface area contributed by atoms with E-state index in [1.165, 1.54) is 6.07 Å². The van der Waals surface area contributed by atoms with Crippen LogP contribution in [0.2, 0.25) is 0 Å². The molecule has 2 unspecified atom stereocenters. The molecule has 208 valence electrons. The topological polar surface area (TPSA) is 51.5 Å². The Kier molecular flexibility index (Phi) is 8.95. The van der Waals surface area contributed by atoms with Crippen molar-refractivity contribution in [2.45, 2.75) is 45.8 Å². The molecule has 1 aromatic heterocycles. The van der Waals surface area contributed by atoms with Crippen molar-refractivity contribution in [1.82, 2.24) is 9.47 Å². The standard InChI is InChI=1S/C31H35F3N2O3/c1-4-39-30(38)27-18-24(27)20-35(3)14-9-15-36-21(2)26(19-28(36)23-11-6-5-7-12-23)29(37)17-22-10-8-13-25(16-22)31(32,33)34/h5-8,10-13,16,19,24,27H,4,9,14-15,17-18,20H2,1-3H3. The molecule has 0 saturated heterocycles. The zero-order valence-corrected chi connectivity index (χ0v) is 22.6. The van der Waals surface area contributed by atoms with Crippen molar-refractivity contribution in [3.63, 3.8) is 0 Å². The number of Topliss-reactive ketones (excluding diaryl/α,β-unsaturated/α-hetero) is 1. The van der Waals surface area contributed by atoms with Crippen LogP contribution in [0.25, 0.3) is 11.3 Å². The molecule has 0 amide bonds. The van der Waals surface area contributed by atoms with Gasteiger partial charge in [-0.05, 0) is 69.5 Å². The number of benzene rings is 2. The van der Waals surface area contributed by atoms with Crippen LogP contribution in [0.15, 0.2) is 60.7 Å². The number of hydrogen-bond acceptors (Lipinski definition) is 4. The minimum atomic E-state index is -4.45. The van der Waals surface area contributed by atoms with Crippen LogP contribution in [0.4, 0.5) is 13.2 Å². The lowest BCUT2D eigenvalue weighted by Gasteiger charge is -2.18. The Morgan fingerprint density at radius 2 is 1.82 bits per heavy atom. The van der Waals surface area contributed by atoms with Crippen LogP contribution in [0.3, 0.4) is 0 Å². The minimum absolute atomic E-state index is 0.00849. The molecule has 4 rings (SSSR count). The van der Waals surface area contributed by atoms with Gasteiger partial charge in [0.05, 0.1) is 18.1 Å². The first-order chi connectivity index (χ1) is 18.6. The van der Waals surface area contributed by atoms with E-state index in [1.807, 2.05) is 57.3 Å². The number of carbonyl (C=O) groups is 2. The van der Waals surface area contributed by atoms with Crippen LogP contribution in [0, 0.1) is 18.8 Å². The molecule has 1 aliphatic carbocycles. The van der Waals surface area contributed by atoms with Crippen LogP contribution >= 0.6 is 0 Å². The summed E-state index contributed by atoms with van der Waals surface area (Å²) in [5.41, 5.74) is 2.80. The lowest BCUT2D eigenvalue weighted by Crippen LogP contribution is -2.24. The van der Waals surface area contributed by atoms with E-state index < -0.39 is 11.7 Å². The zero-order chi connectivity index (χ0) is 28.2. The van der Waals surface area contributed by atoms with Gasteiger partial charge < -0.3 is 14.2 Å². The van der Waals surface area contributed by atoms with Crippen molar-refractivity contribution in [2.24, 2.45) is 11.8 Å². The number of nitrogens with zero attached hydrogens (tertiary/aromatic N) is 2. The third-order valence-electron chi connectivity index (χ3n) is 7.34. The average Bonchev–Trinajstić information content (AvgIpc) is 3.59. The van der Waals surface area contributed by atoms with Crippen LogP contribution in [-0.2, 0) is 28.7 Å². The molecule has 0 aliphatic heterocycles. The van der Waals surface area contributed by atoms with Gasteiger partial charge in [0.25, 0.3) is 0 Å². The van der Waals surface area contributed by atoms with Crippen molar-refractivity contribution < 1.29 is 27.5 Å². The van der Waals surface area contributed by atoms with E-state index in [1.54, 1.807) is 6.07 Å². The second kappa shape index (κ2) is 12.2. The molecule has 1 heterocycles. The van der Waals surface area contributed by atoms with Gasteiger partial charge in [0.2, 0.25) is 0 Å². The highest BCUT2D eigenvalue weighted by Gasteiger charge is 2.44. The largest absolute Gasteiger partial charge is 0.466 e. The molecule has 0 bridgehead atoms. The summed E-state index contributed by atoms with van der Waals surface area (Å²) < 4.78 is 46.7. The second-order valence-corrected chi connectivity index (χ2v) is 10.3. The van der Waals surface area contributed by atoms with E-state index in [9.17, 15) is 22.8 Å². The van der Waals surface area contributed by atoms with Crippen LogP contribution in [0.1, 0.15) is 46.9 Å². The zero-order valence-electron chi connectivity index (χ0n) is 22.6. The van der Waals surface area contributed by atoms with E-state index in [2.05, 4.69) is 9.47 Å². The molecule has 2 atom stereocenters. The summed E-state index contributed by atoms with van der Waals surface area (Å²) in [5.74, 6) is 0.0313. The van der Waals surface area contributed by atoms with Gasteiger partial charge in [0, 0.05) is 36.5 Å². The molecule has 5 nitrogen and oxygen atoms in total. The second-order valence-electron chi connectivity index (χ2n) is 10.3. The fourth-order valence-corrected chi connectivity index (χ4v) is 5.18. The molecule has 0 N–H and O–H groups in total. The SMILES string of the molecule is CCOC(=O)C1CC1CN(C)CCCn1c(-c2ccccc2)cc(C(=O)Cc2cccc(C(F)(F)F)c2)c1C. The van der Waals surface area contributed by atoms with Gasteiger partial charge in [-0.2, -0.15) is 13.2 Å². The highest BCUT2D eigenvalue weighted by molar-refractivity contribution is 6.00. The van der Waals surface area contributed by atoms with Crippen molar-refractivity contribution >= 4 is 11.8 Å². The molecule has 39 heavy (non-hydrogen) atoms. The Morgan fingerprint density at radius 3 is 2.51 bits per heavy atom. The van der Waals surface area contributed by atoms with Crippen LogP contribution in [0.5, 0.6) is 0 Å². The fourth-order valence-electron chi connectivity index (χ4n) is 5.18. The van der Waals surface area contributed by atoms with Gasteiger partial charge in [-0.3, -0.25) is 9.59 Å². The van der Waals surface area contributed by atoms with Crippen molar-refractivity contribution in [3.8, 4) is 11.3 Å². The maximum atomic E-state index is 13.3. The molecule has 0 spiro atoms. The highest BCUT2D eigenvalue weighted by atomic mass is 19.4. The van der Waals surface area contributed by atoms with Gasteiger partial charge >= 0.3 is 12.1 Å². The van der Waals surface area contributed by atoms with Gasteiger partial charge in [0.15, 0.2) is 5.78 Å². The smallest absolute Gasteiger partial charge is 0.416 e. The lowest BCUT2D eigenvalue weighted by molar-refractivity contribution is -0.145. The summed E-state index contributed by atoms with van der Waals surface area (Å²) >= 11 is 0. The summed E-state index contributed by atoms with van der Waals surface area (Å²) in [5, 5.41) is 0. The van der Waals surface area contributed by atoms with Gasteiger partial charge in [-0.15, -0.1) is 0 Å². The Balaban J connectivity index is 1.46. The first-order valence-electron chi connectivity index (χ1n) is 13.4. The molecule has 3 aromatic rings. The predicted molar refractivity (Wildman–Crippen MR) is 144 cm³/mol. The van der Waals surface area contributed by atoms with Gasteiger partial charge in [-0.25, -0.2) is 0 Å². The first kappa shape index (κ1) is 28.6. The third kappa shape index (κ3) is 7.18. The Bertz CT molecular complexity index is 1300. The summed E-state index contributed by atoms with van der Waals surface area (Å²) in [6, 6.07) is 16.6. The molecular formula is C31H35F3N2O3. The summed E-state index contributed by atoms with van der Waals surface area (Å²) in [6.45, 7) is 6.46. The lowest BCUT2D eigenvalue weighted by atomic mass is 10.0. The first-order valence-corrected chi connectivity index (χ1v) is 13.4. The number of halogens is 3. The summed E-state index contributed by atoms with van der Waals surface area (Å²) in [7, 11) is 2.05. The summed E-state index contributed by atoms with van der Waals surface area (Å²) in [6.07, 6.45) is -2.85. The molecular weight excluding hydrogens is 505 g/mol. The minimum Gasteiger partial charge on any atom is -0.466 e. The normalized spacial score (nSPS) is 16.9. The quantitative estimate of drug-likeness (QED) is 0.196. The predicted octanol–water partition coefficient (Wildman–Crippen LogP) is 6.43. The van der Waals surface area contributed by atoms with Crippen molar-refractivity contribution in [3.05, 3.63) is 83.0 Å². The Labute approximate surface area is 227 Å². The third-order valence-corrected chi connectivity index (χ3v) is 7.34. The Morgan fingerprint density at radius 1 is 1.08 bits per heavy atom. The number of esters is 1. The van der Waals surface area contributed by atoms with Crippen LogP contribution in [-0.4, -0.2) is 48.0 Å². The van der Waals surface area contributed by atoms with E-state index in [0.717, 1.165) is 55.0 Å². The van der Waals surface area contributed by atoms with Crippen LogP contribution < -0.4 is 0 Å². The van der Waals surface area contributed by atoms with Gasteiger partial charge in [-0.1, -0.05) is 48.5 Å². The van der Waals surface area contributed by atoms with Gasteiger partial charge in [0.1, 0.15) is 0 Å². The summed E-state index contributed by atoms with van der Waals surface area (Å²) in [4.78, 5) is 27.4. The monoisotopic (exact) mass is 540 g/mol. The number of alkyl halides is 3. The number of rotatable bonds is 12. The number of hydrogen-bond donors (Lipinski definition) is 0. The van der Waals surface area contributed by atoms with Crippen molar-refractivity contribution in [1.29, 1.82) is 0 Å². The molecule has 2 aromatic carbocycles. The van der Waals surface area contributed by atoms with E-state index in [4.69, 9.17) is 4.74 Å². The van der Waals surface area contributed by atoms with E-state index in [0.29, 0.717) is 30.2 Å². The molecule has 0 radical (unpaired) electrons. The molecule has 1 saturated carbocycles. The number of ketones is 1. The molecule has 8 heteroatoms. The maximum absolute atomic E-state index is 13.3. The number of carbonyl (C=O) groups excluding carboxylic acids is 2.